The number of carbonyl (C=O) groups excluding carboxylic acids is 2. The van der Waals surface area contributed by atoms with E-state index in [1.165, 1.54) is 0 Å². The molecule has 0 radical (unpaired) electrons. The number of benzene rings is 2. The summed E-state index contributed by atoms with van der Waals surface area (Å²) >= 11 is 0. The predicted molar refractivity (Wildman–Crippen MR) is 99.7 cm³/mol. The summed E-state index contributed by atoms with van der Waals surface area (Å²) in [4.78, 5) is 24.2. The van der Waals surface area contributed by atoms with Gasteiger partial charge in [0, 0.05) is 11.8 Å². The van der Waals surface area contributed by atoms with Gasteiger partial charge in [-0.2, -0.15) is 0 Å². The normalized spacial score (nSPS) is 15.1. The summed E-state index contributed by atoms with van der Waals surface area (Å²) in [5.74, 6) is 0.796. The minimum Gasteiger partial charge on any atom is -0.490 e. The van der Waals surface area contributed by atoms with Gasteiger partial charge in [-0.05, 0) is 45.0 Å². The van der Waals surface area contributed by atoms with Gasteiger partial charge in [-0.1, -0.05) is 17.7 Å². The molecule has 2 N–H and O–H groups in total. The Labute approximate surface area is 152 Å². The molecule has 0 fully saturated rings. The molecule has 136 valence electrons. The zero-order chi connectivity index (χ0) is 18.7. The predicted octanol–water partition coefficient (Wildman–Crippen LogP) is 3.37. The maximum atomic E-state index is 12.1. The fourth-order valence-corrected chi connectivity index (χ4v) is 2.42. The fraction of sp³-hybridized carbons (Fsp3) is 0.300. The van der Waals surface area contributed by atoms with Crippen molar-refractivity contribution in [3.05, 3.63) is 48.0 Å². The van der Waals surface area contributed by atoms with Gasteiger partial charge in [-0.25, -0.2) is 0 Å². The molecule has 2 aromatic carbocycles. The van der Waals surface area contributed by atoms with Gasteiger partial charge in [-0.3, -0.25) is 9.59 Å². The molecule has 0 saturated carbocycles. The highest BCUT2D eigenvalue weighted by Crippen LogP contribution is 2.34. The Morgan fingerprint density at radius 3 is 2.69 bits per heavy atom. The van der Waals surface area contributed by atoms with Crippen LogP contribution in [-0.4, -0.2) is 25.0 Å². The number of aryl methyl sites for hydroxylation is 1. The number of hydrogen-bond donors (Lipinski definition) is 2. The second-order valence-electron chi connectivity index (χ2n) is 6.99. The van der Waals surface area contributed by atoms with Gasteiger partial charge in [0.05, 0.1) is 11.1 Å². The zero-order valence-corrected chi connectivity index (χ0v) is 15.1. The topological polar surface area (TPSA) is 76.7 Å². The molecule has 0 saturated heterocycles. The summed E-state index contributed by atoms with van der Waals surface area (Å²) in [6.45, 7) is 5.80. The average molecular weight is 354 g/mol. The SMILES string of the molecule is Cc1ccc(OCC(=O)Nc2ccc3c(c2)OCC(C)(C)C(=O)N3)cc1. The lowest BCUT2D eigenvalue weighted by molar-refractivity contribution is -0.125. The summed E-state index contributed by atoms with van der Waals surface area (Å²) in [6.07, 6.45) is 0. The van der Waals surface area contributed by atoms with E-state index in [9.17, 15) is 9.59 Å². The second-order valence-corrected chi connectivity index (χ2v) is 6.99. The number of hydrogen-bond acceptors (Lipinski definition) is 4. The molecular weight excluding hydrogens is 332 g/mol. The summed E-state index contributed by atoms with van der Waals surface area (Å²) in [5, 5.41) is 5.61. The highest BCUT2D eigenvalue weighted by molar-refractivity contribution is 5.98. The van der Waals surface area contributed by atoms with E-state index >= 15 is 0 Å². The van der Waals surface area contributed by atoms with Crippen molar-refractivity contribution in [2.45, 2.75) is 20.8 Å². The van der Waals surface area contributed by atoms with Crippen molar-refractivity contribution in [2.24, 2.45) is 5.41 Å². The maximum Gasteiger partial charge on any atom is 0.262 e. The molecule has 2 aromatic rings. The zero-order valence-electron chi connectivity index (χ0n) is 15.1. The number of fused-ring (bicyclic) bond motifs is 1. The maximum absolute atomic E-state index is 12.1. The number of amides is 2. The van der Waals surface area contributed by atoms with Crippen LogP contribution >= 0.6 is 0 Å². The fourth-order valence-electron chi connectivity index (χ4n) is 2.42. The third kappa shape index (κ3) is 4.14. The highest BCUT2D eigenvalue weighted by Gasteiger charge is 2.32. The Balaban J connectivity index is 1.62. The molecule has 0 unspecified atom stereocenters. The monoisotopic (exact) mass is 354 g/mol. The van der Waals surface area contributed by atoms with Crippen LogP contribution in [-0.2, 0) is 9.59 Å². The van der Waals surface area contributed by atoms with Gasteiger partial charge in [0.15, 0.2) is 6.61 Å². The minimum atomic E-state index is -0.621. The van der Waals surface area contributed by atoms with Crippen LogP contribution in [0.25, 0.3) is 0 Å². The van der Waals surface area contributed by atoms with E-state index < -0.39 is 5.41 Å². The molecule has 0 aliphatic carbocycles. The van der Waals surface area contributed by atoms with Crippen LogP contribution in [0.15, 0.2) is 42.5 Å². The molecule has 3 rings (SSSR count). The first-order chi connectivity index (χ1) is 12.3. The molecule has 1 heterocycles. The largest absolute Gasteiger partial charge is 0.490 e. The first-order valence-electron chi connectivity index (χ1n) is 8.41. The number of ether oxygens (including phenoxy) is 2. The first-order valence-corrected chi connectivity index (χ1v) is 8.41. The Kier molecular flexibility index (Phi) is 4.84. The van der Waals surface area contributed by atoms with Gasteiger partial charge >= 0.3 is 0 Å². The Morgan fingerprint density at radius 2 is 1.96 bits per heavy atom. The molecule has 0 atom stereocenters. The third-order valence-corrected chi connectivity index (χ3v) is 4.11. The van der Waals surface area contributed by atoms with E-state index in [-0.39, 0.29) is 25.0 Å². The van der Waals surface area contributed by atoms with E-state index in [1.54, 1.807) is 18.2 Å². The van der Waals surface area contributed by atoms with Crippen molar-refractivity contribution in [1.82, 2.24) is 0 Å². The van der Waals surface area contributed by atoms with Crippen molar-refractivity contribution >= 4 is 23.2 Å². The number of nitrogens with one attached hydrogen (secondary N) is 2. The molecular formula is C20H22N2O4. The Hall–Kier alpha value is -3.02. The summed E-state index contributed by atoms with van der Waals surface area (Å²) in [6, 6.07) is 12.6. The molecule has 0 bridgehead atoms. The van der Waals surface area contributed by atoms with Crippen LogP contribution in [0.4, 0.5) is 11.4 Å². The first kappa shape index (κ1) is 17.8. The van der Waals surface area contributed by atoms with E-state index in [2.05, 4.69) is 10.6 Å². The average Bonchev–Trinajstić information content (AvgIpc) is 2.71. The number of anilines is 2. The van der Waals surface area contributed by atoms with Crippen molar-refractivity contribution in [2.75, 3.05) is 23.8 Å². The lowest BCUT2D eigenvalue weighted by Crippen LogP contribution is -2.33. The van der Waals surface area contributed by atoms with Crippen LogP contribution in [0.5, 0.6) is 11.5 Å². The van der Waals surface area contributed by atoms with Gasteiger partial charge in [0.2, 0.25) is 5.91 Å². The molecule has 6 heteroatoms. The molecule has 2 amide bonds. The van der Waals surface area contributed by atoms with Gasteiger partial charge in [0.1, 0.15) is 18.1 Å². The molecule has 0 spiro atoms. The van der Waals surface area contributed by atoms with Crippen molar-refractivity contribution < 1.29 is 19.1 Å². The summed E-state index contributed by atoms with van der Waals surface area (Å²) < 4.78 is 11.2. The van der Waals surface area contributed by atoms with Crippen LogP contribution < -0.4 is 20.1 Å². The second kappa shape index (κ2) is 7.07. The van der Waals surface area contributed by atoms with Crippen LogP contribution in [0, 0.1) is 12.3 Å². The van der Waals surface area contributed by atoms with Crippen molar-refractivity contribution in [3.63, 3.8) is 0 Å². The molecule has 26 heavy (non-hydrogen) atoms. The molecule has 1 aliphatic heterocycles. The van der Waals surface area contributed by atoms with Crippen molar-refractivity contribution in [1.29, 1.82) is 0 Å². The van der Waals surface area contributed by atoms with E-state index in [0.29, 0.717) is 22.9 Å². The highest BCUT2D eigenvalue weighted by atomic mass is 16.5. The van der Waals surface area contributed by atoms with Crippen LogP contribution in [0.3, 0.4) is 0 Å². The minimum absolute atomic E-state index is 0.0925. The van der Waals surface area contributed by atoms with Crippen LogP contribution in [0.1, 0.15) is 19.4 Å². The summed E-state index contributed by atoms with van der Waals surface area (Å²) in [5.41, 5.74) is 1.68. The molecule has 1 aliphatic rings. The lowest BCUT2D eigenvalue weighted by atomic mass is 9.94. The van der Waals surface area contributed by atoms with Gasteiger partial charge < -0.3 is 20.1 Å². The van der Waals surface area contributed by atoms with E-state index in [0.717, 1.165) is 5.56 Å². The lowest BCUT2D eigenvalue weighted by Gasteiger charge is -2.18. The standard InChI is InChI=1S/C20H22N2O4/c1-13-4-7-15(8-5-13)25-11-18(23)21-14-6-9-16-17(10-14)26-12-20(2,3)19(24)22-16/h4-10H,11-12H2,1-3H3,(H,21,23)(H,22,24). The molecule has 0 aromatic heterocycles. The van der Waals surface area contributed by atoms with E-state index in [1.807, 2.05) is 45.0 Å². The Bertz CT molecular complexity index is 828. The van der Waals surface area contributed by atoms with Crippen LogP contribution in [0.2, 0.25) is 0 Å². The number of rotatable bonds is 4. The van der Waals surface area contributed by atoms with Gasteiger partial charge in [0.25, 0.3) is 5.91 Å². The Morgan fingerprint density at radius 1 is 1.23 bits per heavy atom. The van der Waals surface area contributed by atoms with E-state index in [4.69, 9.17) is 9.47 Å². The molecule has 6 nitrogen and oxygen atoms in total. The van der Waals surface area contributed by atoms with Crippen molar-refractivity contribution in [3.8, 4) is 11.5 Å². The third-order valence-electron chi connectivity index (χ3n) is 4.11. The summed E-state index contributed by atoms with van der Waals surface area (Å²) in [7, 11) is 0. The smallest absolute Gasteiger partial charge is 0.262 e. The number of carbonyl (C=O) groups is 2. The quantitative estimate of drug-likeness (QED) is 0.883. The van der Waals surface area contributed by atoms with Gasteiger partial charge in [-0.15, -0.1) is 0 Å².